The molecular weight excluding hydrogens is 264 g/mol. The van der Waals surface area contributed by atoms with E-state index in [1.165, 1.54) is 11.1 Å². The molecule has 0 aliphatic heterocycles. The van der Waals surface area contributed by atoms with Crippen LogP contribution in [0.15, 0.2) is 70.5 Å². The lowest BCUT2D eigenvalue weighted by Crippen LogP contribution is -2.33. The Morgan fingerprint density at radius 1 is 1.00 bits per heavy atom. The summed E-state index contributed by atoms with van der Waals surface area (Å²) in [6, 6.07) is 18.3. The van der Waals surface area contributed by atoms with Crippen LogP contribution in [0.3, 0.4) is 0 Å². The molecule has 2 aromatic rings. The summed E-state index contributed by atoms with van der Waals surface area (Å²) in [5.74, 6) is 0. The summed E-state index contributed by atoms with van der Waals surface area (Å²) in [7, 11) is -1.06. The molecule has 0 saturated heterocycles. The van der Waals surface area contributed by atoms with Gasteiger partial charge < -0.3 is 0 Å². The van der Waals surface area contributed by atoms with Crippen LogP contribution in [0.4, 0.5) is 0 Å². The predicted octanol–water partition coefficient (Wildman–Crippen LogP) is 4.35. The maximum atomic E-state index is 12.8. The lowest BCUT2D eigenvalue weighted by molar-refractivity contribution is 0.534. The summed E-state index contributed by atoms with van der Waals surface area (Å²) >= 11 is 0. The molecule has 0 saturated carbocycles. The van der Waals surface area contributed by atoms with Gasteiger partial charge in [-0.25, -0.2) is 4.21 Å². The maximum Gasteiger partial charge on any atom is 0.0814 e. The molecule has 1 aliphatic carbocycles. The third-order valence-electron chi connectivity index (χ3n) is 4.09. The average Bonchev–Trinajstić information content (AvgIpc) is 2.47. The maximum absolute atomic E-state index is 12.8. The molecule has 0 amide bonds. The Morgan fingerprint density at radius 2 is 1.65 bits per heavy atom. The molecule has 0 radical (unpaired) electrons. The number of hydrogen-bond donors (Lipinski definition) is 0. The molecule has 2 aromatic carbocycles. The van der Waals surface area contributed by atoms with Crippen molar-refractivity contribution in [2.75, 3.05) is 0 Å². The Labute approximate surface area is 122 Å². The largest absolute Gasteiger partial charge is 0.249 e. The van der Waals surface area contributed by atoms with E-state index in [0.29, 0.717) is 0 Å². The first-order valence-corrected chi connectivity index (χ1v) is 8.01. The van der Waals surface area contributed by atoms with E-state index in [2.05, 4.69) is 25.1 Å². The SMILES string of the molecule is Cc1ccc([S@](=O)C2=CC[C@]2(C)c2ccccc2)cc1. The molecule has 0 heterocycles. The normalized spacial score (nSPS) is 22.8. The lowest BCUT2D eigenvalue weighted by atomic mass is 9.72. The van der Waals surface area contributed by atoms with Gasteiger partial charge in [0.15, 0.2) is 0 Å². The van der Waals surface area contributed by atoms with Gasteiger partial charge >= 0.3 is 0 Å². The van der Waals surface area contributed by atoms with Crippen LogP contribution in [0.25, 0.3) is 0 Å². The van der Waals surface area contributed by atoms with Gasteiger partial charge in [-0.2, -0.15) is 0 Å². The van der Waals surface area contributed by atoms with Crippen LogP contribution in [0, 0.1) is 6.92 Å². The van der Waals surface area contributed by atoms with Crippen LogP contribution < -0.4 is 0 Å². The highest BCUT2D eigenvalue weighted by Crippen LogP contribution is 2.46. The van der Waals surface area contributed by atoms with Crippen LogP contribution in [0.2, 0.25) is 0 Å². The average molecular weight is 282 g/mol. The minimum absolute atomic E-state index is 0.0863. The molecule has 2 heteroatoms. The molecule has 102 valence electrons. The van der Waals surface area contributed by atoms with Crippen molar-refractivity contribution in [3.8, 4) is 0 Å². The Hall–Kier alpha value is -1.67. The Balaban J connectivity index is 1.92. The smallest absolute Gasteiger partial charge is 0.0814 e. The minimum Gasteiger partial charge on any atom is -0.249 e. The van der Waals surface area contributed by atoms with E-state index in [4.69, 9.17) is 0 Å². The molecule has 0 N–H and O–H groups in total. The van der Waals surface area contributed by atoms with Gasteiger partial charge in [0.1, 0.15) is 0 Å². The number of allylic oxidation sites excluding steroid dienone is 2. The number of rotatable bonds is 3. The fraction of sp³-hybridized carbons (Fsp3) is 0.222. The minimum atomic E-state index is -1.06. The van der Waals surface area contributed by atoms with E-state index in [9.17, 15) is 4.21 Å². The Bertz CT molecular complexity index is 670. The van der Waals surface area contributed by atoms with Crippen molar-refractivity contribution < 1.29 is 4.21 Å². The molecule has 0 aromatic heterocycles. The first-order valence-electron chi connectivity index (χ1n) is 6.86. The van der Waals surface area contributed by atoms with Crippen LogP contribution >= 0.6 is 0 Å². The summed E-state index contributed by atoms with van der Waals surface area (Å²) in [5.41, 5.74) is 2.36. The van der Waals surface area contributed by atoms with Crippen molar-refractivity contribution in [3.63, 3.8) is 0 Å². The zero-order valence-corrected chi connectivity index (χ0v) is 12.6. The molecule has 0 unspecified atom stereocenters. The highest BCUT2D eigenvalue weighted by Gasteiger charge is 2.40. The van der Waals surface area contributed by atoms with E-state index in [1.807, 2.05) is 49.4 Å². The van der Waals surface area contributed by atoms with E-state index < -0.39 is 10.8 Å². The number of benzene rings is 2. The van der Waals surface area contributed by atoms with Crippen molar-refractivity contribution in [3.05, 3.63) is 76.7 Å². The molecule has 0 fully saturated rings. The summed E-state index contributed by atoms with van der Waals surface area (Å²) < 4.78 is 12.8. The van der Waals surface area contributed by atoms with Crippen LogP contribution in [-0.2, 0) is 16.2 Å². The molecular formula is C18H18OS. The monoisotopic (exact) mass is 282 g/mol. The second-order valence-corrected chi connectivity index (χ2v) is 7.00. The predicted molar refractivity (Wildman–Crippen MR) is 84.1 cm³/mol. The summed E-state index contributed by atoms with van der Waals surface area (Å²) in [4.78, 5) is 1.93. The number of hydrogen-bond acceptors (Lipinski definition) is 1. The van der Waals surface area contributed by atoms with Gasteiger partial charge in [0.05, 0.1) is 10.8 Å². The lowest BCUT2D eigenvalue weighted by Gasteiger charge is -2.38. The fourth-order valence-electron chi connectivity index (χ4n) is 2.63. The van der Waals surface area contributed by atoms with Gasteiger partial charge in [0.25, 0.3) is 0 Å². The van der Waals surface area contributed by atoms with Gasteiger partial charge in [0, 0.05) is 15.2 Å². The molecule has 1 aliphatic rings. The highest BCUT2D eigenvalue weighted by molar-refractivity contribution is 7.89. The van der Waals surface area contributed by atoms with E-state index >= 15 is 0 Å². The molecule has 1 nitrogen and oxygen atoms in total. The Morgan fingerprint density at radius 3 is 2.20 bits per heavy atom. The first-order chi connectivity index (χ1) is 9.61. The second-order valence-electron chi connectivity index (χ2n) is 5.55. The third-order valence-corrected chi connectivity index (χ3v) is 5.80. The molecule has 0 spiro atoms. The quantitative estimate of drug-likeness (QED) is 0.818. The standard InChI is InChI=1S/C18H18OS/c1-14-8-10-16(11-9-14)20(19)17-12-13-18(17,2)15-6-4-3-5-7-15/h3-12H,13H2,1-2H3/t18-,20+/m1/s1. The van der Waals surface area contributed by atoms with E-state index in [1.54, 1.807) is 0 Å². The van der Waals surface area contributed by atoms with Crippen molar-refractivity contribution in [2.24, 2.45) is 0 Å². The van der Waals surface area contributed by atoms with Crippen LogP contribution in [0.1, 0.15) is 24.5 Å². The van der Waals surface area contributed by atoms with Crippen molar-refractivity contribution in [2.45, 2.75) is 30.6 Å². The third kappa shape index (κ3) is 2.14. The van der Waals surface area contributed by atoms with Crippen molar-refractivity contribution in [1.29, 1.82) is 0 Å². The van der Waals surface area contributed by atoms with Crippen molar-refractivity contribution >= 4 is 10.8 Å². The van der Waals surface area contributed by atoms with Gasteiger partial charge in [-0.3, -0.25) is 0 Å². The topological polar surface area (TPSA) is 17.1 Å². The summed E-state index contributed by atoms with van der Waals surface area (Å²) in [6.07, 6.45) is 3.08. The van der Waals surface area contributed by atoms with Gasteiger partial charge in [-0.1, -0.05) is 61.0 Å². The van der Waals surface area contributed by atoms with Gasteiger partial charge in [-0.05, 0) is 31.0 Å². The molecule has 20 heavy (non-hydrogen) atoms. The van der Waals surface area contributed by atoms with E-state index in [0.717, 1.165) is 16.2 Å². The number of aryl methyl sites for hydroxylation is 1. The summed E-state index contributed by atoms with van der Waals surface area (Å²) in [5, 5.41) is 0. The Kier molecular flexibility index (Phi) is 3.35. The first kappa shape index (κ1) is 13.3. The molecule has 2 atom stereocenters. The second kappa shape index (κ2) is 5.02. The van der Waals surface area contributed by atoms with Gasteiger partial charge in [0.2, 0.25) is 0 Å². The summed E-state index contributed by atoms with van der Waals surface area (Å²) in [6.45, 7) is 4.23. The zero-order chi connectivity index (χ0) is 14.2. The van der Waals surface area contributed by atoms with E-state index in [-0.39, 0.29) is 5.41 Å². The molecule has 0 bridgehead atoms. The van der Waals surface area contributed by atoms with Crippen LogP contribution in [0.5, 0.6) is 0 Å². The van der Waals surface area contributed by atoms with Crippen molar-refractivity contribution in [1.82, 2.24) is 0 Å². The molecule has 3 rings (SSSR count). The van der Waals surface area contributed by atoms with Crippen LogP contribution in [-0.4, -0.2) is 4.21 Å². The zero-order valence-electron chi connectivity index (χ0n) is 11.8. The highest BCUT2D eigenvalue weighted by atomic mass is 32.2. The van der Waals surface area contributed by atoms with Gasteiger partial charge in [-0.15, -0.1) is 0 Å². The fourth-order valence-corrected chi connectivity index (χ4v) is 4.11.